The number of hydrogen-bond acceptors (Lipinski definition) is 3. The van der Waals surface area contributed by atoms with Gasteiger partial charge in [0.05, 0.1) is 11.8 Å². The van der Waals surface area contributed by atoms with Gasteiger partial charge in [-0.3, -0.25) is 9.59 Å². The number of amides is 2. The first-order valence-corrected chi connectivity index (χ1v) is 7.91. The van der Waals surface area contributed by atoms with Crippen LogP contribution in [0.5, 0.6) is 0 Å². The molecule has 1 fully saturated rings. The van der Waals surface area contributed by atoms with Crippen LogP contribution in [0.25, 0.3) is 0 Å². The summed E-state index contributed by atoms with van der Waals surface area (Å²) in [4.78, 5) is 26.2. The molecule has 1 aromatic heterocycles. The normalized spacial score (nSPS) is 16.9. The Balaban J connectivity index is 1.86. The molecule has 1 aliphatic heterocycles. The molecular weight excluding hydrogens is 336 g/mol. The average molecular weight is 357 g/mol. The third-order valence-corrected chi connectivity index (χ3v) is 4.24. The fourth-order valence-electron chi connectivity index (χ4n) is 2.42. The van der Waals surface area contributed by atoms with Gasteiger partial charge >= 0.3 is 0 Å². The van der Waals surface area contributed by atoms with Gasteiger partial charge in [0.25, 0.3) is 5.91 Å². The predicted octanol–water partition coefficient (Wildman–Crippen LogP) is 2.81. The fraction of sp³-hybridized carbons (Fsp3) is 0.600. The molecule has 2 rings (SSSR count). The standard InChI is InChI=1S/C15H21BrN2O3/c1-15(2,3)14(20)18-7-4-10(5-8-18)17-13(19)11-6-9-21-12(11)16/h6,9-10H,4-5,7-8H2,1-3H3,(H,17,19). The van der Waals surface area contributed by atoms with Crippen molar-refractivity contribution in [2.24, 2.45) is 5.41 Å². The fourth-order valence-corrected chi connectivity index (χ4v) is 2.84. The molecule has 0 aliphatic carbocycles. The monoisotopic (exact) mass is 356 g/mol. The number of nitrogens with one attached hydrogen (secondary N) is 1. The van der Waals surface area contributed by atoms with Crippen molar-refractivity contribution in [2.75, 3.05) is 13.1 Å². The van der Waals surface area contributed by atoms with Crippen molar-refractivity contribution in [1.29, 1.82) is 0 Å². The van der Waals surface area contributed by atoms with Crippen LogP contribution in [0.2, 0.25) is 0 Å². The lowest BCUT2D eigenvalue weighted by atomic mass is 9.93. The molecule has 6 heteroatoms. The van der Waals surface area contributed by atoms with Crippen molar-refractivity contribution in [3.05, 3.63) is 22.6 Å². The van der Waals surface area contributed by atoms with Crippen molar-refractivity contribution in [3.63, 3.8) is 0 Å². The number of carbonyl (C=O) groups excluding carboxylic acids is 2. The number of rotatable bonds is 2. The smallest absolute Gasteiger partial charge is 0.255 e. The van der Waals surface area contributed by atoms with Crippen molar-refractivity contribution >= 4 is 27.7 Å². The van der Waals surface area contributed by atoms with Gasteiger partial charge in [-0.25, -0.2) is 0 Å². The van der Waals surface area contributed by atoms with E-state index >= 15 is 0 Å². The Hall–Kier alpha value is -1.30. The van der Waals surface area contributed by atoms with E-state index in [1.54, 1.807) is 6.07 Å². The highest BCUT2D eigenvalue weighted by molar-refractivity contribution is 9.10. The third kappa shape index (κ3) is 3.87. The van der Waals surface area contributed by atoms with E-state index in [4.69, 9.17) is 4.42 Å². The minimum atomic E-state index is -0.349. The predicted molar refractivity (Wildman–Crippen MR) is 82.9 cm³/mol. The molecule has 2 heterocycles. The van der Waals surface area contributed by atoms with Gasteiger partial charge in [-0.1, -0.05) is 20.8 Å². The van der Waals surface area contributed by atoms with E-state index in [-0.39, 0.29) is 23.3 Å². The zero-order chi connectivity index (χ0) is 15.6. The average Bonchev–Trinajstić information content (AvgIpc) is 2.84. The highest BCUT2D eigenvalue weighted by atomic mass is 79.9. The molecule has 0 saturated carbocycles. The van der Waals surface area contributed by atoms with Gasteiger partial charge in [-0.15, -0.1) is 0 Å². The maximum atomic E-state index is 12.2. The third-order valence-electron chi connectivity index (χ3n) is 3.62. The number of hydrogen-bond donors (Lipinski definition) is 1. The van der Waals surface area contributed by atoms with E-state index in [1.807, 2.05) is 25.7 Å². The molecule has 0 unspecified atom stereocenters. The number of nitrogens with zero attached hydrogens (tertiary/aromatic N) is 1. The molecule has 0 radical (unpaired) electrons. The van der Waals surface area contributed by atoms with Crippen LogP contribution in [0.15, 0.2) is 21.4 Å². The SMILES string of the molecule is CC(C)(C)C(=O)N1CCC(NC(=O)c2ccoc2Br)CC1. The van der Waals surface area contributed by atoms with Crippen LogP contribution in [0.4, 0.5) is 0 Å². The highest BCUT2D eigenvalue weighted by Gasteiger charge is 2.31. The molecule has 0 aromatic carbocycles. The summed E-state index contributed by atoms with van der Waals surface area (Å²) in [6.07, 6.45) is 3.04. The molecular formula is C15H21BrN2O3. The minimum Gasteiger partial charge on any atom is -0.457 e. The summed E-state index contributed by atoms with van der Waals surface area (Å²) in [6, 6.07) is 1.74. The lowest BCUT2D eigenvalue weighted by Crippen LogP contribution is -2.49. The maximum Gasteiger partial charge on any atom is 0.255 e. The first kappa shape index (κ1) is 16.1. The second-order valence-electron chi connectivity index (χ2n) is 6.40. The Labute approximate surface area is 133 Å². The van der Waals surface area contributed by atoms with Crippen molar-refractivity contribution in [1.82, 2.24) is 10.2 Å². The van der Waals surface area contributed by atoms with Gasteiger partial charge in [-0.2, -0.15) is 0 Å². The van der Waals surface area contributed by atoms with E-state index in [0.717, 1.165) is 12.8 Å². The van der Waals surface area contributed by atoms with E-state index in [0.29, 0.717) is 23.3 Å². The van der Waals surface area contributed by atoms with E-state index in [2.05, 4.69) is 21.2 Å². The molecule has 0 atom stereocenters. The molecule has 2 amide bonds. The minimum absolute atomic E-state index is 0.100. The second kappa shape index (κ2) is 6.22. The van der Waals surface area contributed by atoms with Crippen LogP contribution >= 0.6 is 15.9 Å². The van der Waals surface area contributed by atoms with Gasteiger partial charge in [-0.05, 0) is 34.8 Å². The molecule has 116 valence electrons. The Bertz CT molecular complexity index is 525. The van der Waals surface area contributed by atoms with Gasteiger partial charge in [0.1, 0.15) is 0 Å². The summed E-state index contributed by atoms with van der Waals surface area (Å²) in [7, 11) is 0. The largest absolute Gasteiger partial charge is 0.457 e. The molecule has 1 aromatic rings. The van der Waals surface area contributed by atoms with Crippen LogP contribution in [0, 0.1) is 5.41 Å². The van der Waals surface area contributed by atoms with E-state index in [1.165, 1.54) is 6.26 Å². The Morgan fingerprint density at radius 3 is 2.43 bits per heavy atom. The second-order valence-corrected chi connectivity index (χ2v) is 7.12. The summed E-state index contributed by atoms with van der Waals surface area (Å²) in [5.41, 5.74) is 0.153. The number of carbonyl (C=O) groups is 2. The Kier molecular flexibility index (Phi) is 4.76. The topological polar surface area (TPSA) is 62.6 Å². The van der Waals surface area contributed by atoms with E-state index < -0.39 is 0 Å². The zero-order valence-corrected chi connectivity index (χ0v) is 14.2. The number of furan rings is 1. The van der Waals surface area contributed by atoms with Crippen LogP contribution in [0.1, 0.15) is 44.0 Å². The van der Waals surface area contributed by atoms with Crippen molar-refractivity contribution in [3.8, 4) is 0 Å². The summed E-state index contributed by atoms with van der Waals surface area (Å²) >= 11 is 3.20. The Morgan fingerprint density at radius 1 is 1.33 bits per heavy atom. The summed E-state index contributed by atoms with van der Waals surface area (Å²) in [5, 5.41) is 2.99. The molecule has 0 spiro atoms. The molecule has 1 aliphatic rings. The highest BCUT2D eigenvalue weighted by Crippen LogP contribution is 2.22. The Morgan fingerprint density at radius 2 is 1.95 bits per heavy atom. The maximum absolute atomic E-state index is 12.2. The lowest BCUT2D eigenvalue weighted by Gasteiger charge is -2.35. The summed E-state index contributed by atoms with van der Waals surface area (Å²) < 4.78 is 5.51. The zero-order valence-electron chi connectivity index (χ0n) is 12.6. The summed E-state index contributed by atoms with van der Waals surface area (Å²) in [5.74, 6) is 0.0288. The quantitative estimate of drug-likeness (QED) is 0.885. The first-order chi connectivity index (χ1) is 9.79. The van der Waals surface area contributed by atoms with Gasteiger partial charge < -0.3 is 14.6 Å². The molecule has 5 nitrogen and oxygen atoms in total. The molecule has 21 heavy (non-hydrogen) atoms. The summed E-state index contributed by atoms with van der Waals surface area (Å²) in [6.45, 7) is 7.17. The molecule has 0 bridgehead atoms. The number of piperidine rings is 1. The van der Waals surface area contributed by atoms with Crippen LogP contribution < -0.4 is 5.32 Å². The lowest BCUT2D eigenvalue weighted by molar-refractivity contribution is -0.140. The van der Waals surface area contributed by atoms with Gasteiger partial charge in [0, 0.05) is 24.5 Å². The van der Waals surface area contributed by atoms with Gasteiger partial charge in [0.2, 0.25) is 5.91 Å². The molecule has 1 N–H and O–H groups in total. The van der Waals surface area contributed by atoms with Gasteiger partial charge in [0.15, 0.2) is 4.67 Å². The first-order valence-electron chi connectivity index (χ1n) is 7.12. The number of likely N-dealkylation sites (tertiary alicyclic amines) is 1. The van der Waals surface area contributed by atoms with Crippen LogP contribution in [-0.4, -0.2) is 35.8 Å². The number of halogens is 1. The van der Waals surface area contributed by atoms with Crippen molar-refractivity contribution < 1.29 is 14.0 Å². The van der Waals surface area contributed by atoms with Crippen LogP contribution in [0.3, 0.4) is 0 Å². The van der Waals surface area contributed by atoms with Crippen LogP contribution in [-0.2, 0) is 4.79 Å². The molecule has 1 saturated heterocycles. The van der Waals surface area contributed by atoms with Crippen molar-refractivity contribution in [2.45, 2.75) is 39.7 Å². The van der Waals surface area contributed by atoms with E-state index in [9.17, 15) is 9.59 Å².